The molecule has 1 aliphatic heterocycles. The van der Waals surface area contributed by atoms with Crippen molar-refractivity contribution >= 4 is 26.8 Å². The first-order chi connectivity index (χ1) is 15.4. The third-order valence-corrected chi connectivity index (χ3v) is 7.79. The van der Waals surface area contributed by atoms with Crippen LogP contribution in [0.4, 0.5) is 0 Å². The molecule has 0 bridgehead atoms. The minimum Gasteiger partial charge on any atom is -0.497 e. The second-order valence-electron chi connectivity index (χ2n) is 7.56. The molecule has 1 saturated heterocycles. The Morgan fingerprint density at radius 1 is 1.00 bits per heavy atom. The molecule has 0 atom stereocenters. The van der Waals surface area contributed by atoms with Gasteiger partial charge in [0.2, 0.25) is 10.0 Å². The van der Waals surface area contributed by atoms with Gasteiger partial charge in [-0.1, -0.05) is 18.2 Å². The summed E-state index contributed by atoms with van der Waals surface area (Å²) >= 11 is 0. The number of sulfonamides is 1. The predicted molar refractivity (Wildman–Crippen MR) is 122 cm³/mol. The van der Waals surface area contributed by atoms with Crippen LogP contribution in [0.2, 0.25) is 0 Å². The second-order valence-corrected chi connectivity index (χ2v) is 9.47. The molecule has 8 nitrogen and oxygen atoms in total. The van der Waals surface area contributed by atoms with E-state index in [1.165, 1.54) is 24.6 Å². The van der Waals surface area contributed by atoms with Crippen LogP contribution in [-0.2, 0) is 16.6 Å². The lowest BCUT2D eigenvalue weighted by Gasteiger charge is -2.34. The summed E-state index contributed by atoms with van der Waals surface area (Å²) in [6.07, 6.45) is 1.89. The minimum absolute atomic E-state index is 0.0603. The number of piperazine rings is 1. The van der Waals surface area contributed by atoms with Crippen molar-refractivity contribution in [3.63, 3.8) is 0 Å². The lowest BCUT2D eigenvalue weighted by Crippen LogP contribution is -2.50. The quantitative estimate of drug-likeness (QED) is 0.569. The molecule has 170 valence electrons. The number of hydrogen-bond donors (Lipinski definition) is 0. The van der Waals surface area contributed by atoms with Crippen LogP contribution in [0.5, 0.6) is 11.5 Å². The molecule has 0 aliphatic carbocycles. The Morgan fingerprint density at radius 2 is 1.72 bits per heavy atom. The first kappa shape index (κ1) is 22.2. The van der Waals surface area contributed by atoms with Crippen LogP contribution in [0.3, 0.4) is 0 Å². The number of fused-ring (bicyclic) bond motifs is 1. The summed E-state index contributed by atoms with van der Waals surface area (Å²) in [5, 5.41) is 0.913. The summed E-state index contributed by atoms with van der Waals surface area (Å²) in [5.41, 5.74) is 1.66. The fraction of sp³-hybridized carbons (Fsp3) is 0.348. The van der Waals surface area contributed by atoms with E-state index in [0.29, 0.717) is 24.4 Å². The molecule has 2 aromatic carbocycles. The lowest BCUT2D eigenvalue weighted by atomic mass is 10.1. The van der Waals surface area contributed by atoms with Crippen LogP contribution in [-0.4, -0.2) is 68.5 Å². The molecule has 4 rings (SSSR count). The van der Waals surface area contributed by atoms with Crippen molar-refractivity contribution in [3.8, 4) is 11.5 Å². The summed E-state index contributed by atoms with van der Waals surface area (Å²) in [4.78, 5) is 15.0. The minimum atomic E-state index is -3.80. The Kier molecular flexibility index (Phi) is 6.12. The average molecular weight is 458 g/mol. The molecule has 9 heteroatoms. The van der Waals surface area contributed by atoms with Gasteiger partial charge in [-0.05, 0) is 25.1 Å². The van der Waals surface area contributed by atoms with Crippen molar-refractivity contribution in [2.24, 2.45) is 0 Å². The first-order valence-electron chi connectivity index (χ1n) is 10.5. The van der Waals surface area contributed by atoms with Crippen molar-refractivity contribution in [1.82, 2.24) is 13.8 Å². The third-order valence-electron chi connectivity index (χ3n) is 5.87. The SMILES string of the molecule is CCn1cc(C(=O)N2CCN(S(=O)(=O)c3cc(OC)ccc3OC)CC2)c2ccccc21. The number of carbonyl (C=O) groups excluding carboxylic acids is 1. The van der Waals surface area contributed by atoms with Gasteiger partial charge in [0.1, 0.15) is 16.4 Å². The molecule has 1 aromatic heterocycles. The summed E-state index contributed by atoms with van der Waals surface area (Å²) in [5.74, 6) is 0.617. The van der Waals surface area contributed by atoms with Crippen LogP contribution in [0.15, 0.2) is 53.6 Å². The number of benzene rings is 2. The molecular formula is C23H27N3O5S. The molecule has 1 aliphatic rings. The van der Waals surface area contributed by atoms with Gasteiger partial charge in [-0.3, -0.25) is 4.79 Å². The highest BCUT2D eigenvalue weighted by Crippen LogP contribution is 2.31. The number of hydrogen-bond acceptors (Lipinski definition) is 5. The standard InChI is InChI=1S/C23H27N3O5S/c1-4-24-16-19(18-7-5-6-8-20(18)24)23(27)25-11-13-26(14-12-25)32(28,29)22-15-17(30-2)9-10-21(22)31-3/h5-10,15-16H,4,11-14H2,1-3H3. The first-order valence-corrected chi connectivity index (χ1v) is 11.9. The van der Waals surface area contributed by atoms with Gasteiger partial charge in [0, 0.05) is 55.9 Å². The number of amides is 1. The molecule has 3 aromatic rings. The van der Waals surface area contributed by atoms with Crippen LogP contribution < -0.4 is 9.47 Å². The number of aryl methyl sites for hydroxylation is 1. The number of ether oxygens (including phenoxy) is 2. The van der Waals surface area contributed by atoms with E-state index in [9.17, 15) is 13.2 Å². The molecule has 0 saturated carbocycles. The van der Waals surface area contributed by atoms with Crippen molar-refractivity contribution < 1.29 is 22.7 Å². The van der Waals surface area contributed by atoms with Crippen LogP contribution >= 0.6 is 0 Å². The van der Waals surface area contributed by atoms with E-state index < -0.39 is 10.0 Å². The zero-order valence-corrected chi connectivity index (χ0v) is 19.3. The number of carbonyl (C=O) groups is 1. The van der Waals surface area contributed by atoms with Crippen molar-refractivity contribution in [2.45, 2.75) is 18.4 Å². The number of nitrogens with zero attached hydrogens (tertiary/aromatic N) is 3. The van der Waals surface area contributed by atoms with Crippen molar-refractivity contribution in [1.29, 1.82) is 0 Å². The molecule has 1 amide bonds. The number of rotatable bonds is 6. The smallest absolute Gasteiger partial charge is 0.256 e. The zero-order valence-electron chi connectivity index (χ0n) is 18.4. The van der Waals surface area contributed by atoms with E-state index in [2.05, 4.69) is 4.57 Å². The van der Waals surface area contributed by atoms with E-state index in [0.717, 1.165) is 17.4 Å². The fourth-order valence-corrected chi connectivity index (χ4v) is 5.70. The monoisotopic (exact) mass is 457 g/mol. The van der Waals surface area contributed by atoms with Crippen molar-refractivity contribution in [2.75, 3.05) is 40.4 Å². The van der Waals surface area contributed by atoms with Gasteiger partial charge in [0.15, 0.2) is 0 Å². The lowest BCUT2D eigenvalue weighted by molar-refractivity contribution is 0.0699. The van der Waals surface area contributed by atoms with Gasteiger partial charge < -0.3 is 18.9 Å². The highest BCUT2D eigenvalue weighted by molar-refractivity contribution is 7.89. The molecular weight excluding hydrogens is 430 g/mol. The Balaban J connectivity index is 1.54. The van der Waals surface area contributed by atoms with Crippen LogP contribution in [0.25, 0.3) is 10.9 Å². The maximum absolute atomic E-state index is 13.3. The van der Waals surface area contributed by atoms with Gasteiger partial charge in [-0.2, -0.15) is 4.31 Å². The Labute approximate surface area is 188 Å². The Morgan fingerprint density at radius 3 is 2.38 bits per heavy atom. The van der Waals surface area contributed by atoms with E-state index in [4.69, 9.17) is 9.47 Å². The predicted octanol–water partition coefficient (Wildman–Crippen LogP) is 2.83. The molecule has 0 unspecified atom stereocenters. The number of methoxy groups -OCH3 is 2. The Bertz CT molecular complexity index is 1240. The van der Waals surface area contributed by atoms with E-state index in [1.54, 1.807) is 17.0 Å². The second kappa shape index (κ2) is 8.84. The Hall–Kier alpha value is -3.04. The normalized spacial score (nSPS) is 15.2. The number of para-hydroxylation sites is 1. The van der Waals surface area contributed by atoms with Crippen LogP contribution in [0.1, 0.15) is 17.3 Å². The fourth-order valence-electron chi connectivity index (χ4n) is 4.11. The molecule has 1 fully saturated rings. The maximum atomic E-state index is 13.3. The highest BCUT2D eigenvalue weighted by Gasteiger charge is 2.33. The summed E-state index contributed by atoms with van der Waals surface area (Å²) in [6.45, 7) is 3.85. The molecule has 2 heterocycles. The molecule has 32 heavy (non-hydrogen) atoms. The third kappa shape index (κ3) is 3.82. The number of aromatic nitrogens is 1. The largest absolute Gasteiger partial charge is 0.497 e. The topological polar surface area (TPSA) is 81.1 Å². The van der Waals surface area contributed by atoms with E-state index in [-0.39, 0.29) is 29.6 Å². The highest BCUT2D eigenvalue weighted by atomic mass is 32.2. The summed E-state index contributed by atoms with van der Waals surface area (Å²) < 4.78 is 40.5. The van der Waals surface area contributed by atoms with E-state index in [1.807, 2.05) is 37.4 Å². The van der Waals surface area contributed by atoms with Gasteiger partial charge in [0.05, 0.1) is 19.8 Å². The molecule has 0 radical (unpaired) electrons. The van der Waals surface area contributed by atoms with Gasteiger partial charge in [-0.15, -0.1) is 0 Å². The zero-order chi connectivity index (χ0) is 22.9. The van der Waals surface area contributed by atoms with Crippen LogP contribution in [0, 0.1) is 0 Å². The van der Waals surface area contributed by atoms with Gasteiger partial charge in [0.25, 0.3) is 5.91 Å². The summed E-state index contributed by atoms with van der Waals surface area (Å²) in [7, 11) is -0.880. The summed E-state index contributed by atoms with van der Waals surface area (Å²) in [6, 6.07) is 12.5. The average Bonchev–Trinajstić information content (AvgIpc) is 3.22. The van der Waals surface area contributed by atoms with Crippen molar-refractivity contribution in [3.05, 3.63) is 54.2 Å². The van der Waals surface area contributed by atoms with Gasteiger partial charge in [-0.25, -0.2) is 8.42 Å². The maximum Gasteiger partial charge on any atom is 0.256 e. The van der Waals surface area contributed by atoms with Gasteiger partial charge >= 0.3 is 0 Å². The molecule has 0 spiro atoms. The van der Waals surface area contributed by atoms with E-state index >= 15 is 0 Å². The molecule has 0 N–H and O–H groups in total.